The van der Waals surface area contributed by atoms with Gasteiger partial charge in [-0.1, -0.05) is 25.2 Å². The van der Waals surface area contributed by atoms with E-state index in [9.17, 15) is 18.9 Å². The number of rotatable bonds is 10. The molecule has 0 atom stereocenters. The van der Waals surface area contributed by atoms with E-state index < -0.39 is 42.6 Å². The van der Waals surface area contributed by atoms with Crippen molar-refractivity contribution in [2.24, 2.45) is 0 Å². The molecule has 0 saturated heterocycles. The van der Waals surface area contributed by atoms with Gasteiger partial charge in [-0.15, -0.1) is 0 Å². The minimum absolute atomic E-state index is 0.00837. The Bertz CT molecular complexity index is 1440. The zero-order valence-corrected chi connectivity index (χ0v) is 21.3. The molecule has 0 amide bonds. The Balaban J connectivity index is 1.85. The van der Waals surface area contributed by atoms with Crippen LogP contribution in [0.25, 0.3) is 22.2 Å². The van der Waals surface area contributed by atoms with Crippen molar-refractivity contribution in [3.63, 3.8) is 0 Å². The van der Waals surface area contributed by atoms with Crippen LogP contribution in [0.5, 0.6) is 17.2 Å². The van der Waals surface area contributed by atoms with Crippen molar-refractivity contribution in [1.82, 2.24) is 9.55 Å². The SMILES string of the molecule is COc1cccc(-c2cn(COCC[Si](C)C)c3nccc(Oc4c(F)cc([N+](=O)[O-])cc4F)c23)c1F. The highest BCUT2D eigenvalue weighted by Gasteiger charge is 2.24. The van der Waals surface area contributed by atoms with E-state index >= 15 is 4.39 Å². The summed E-state index contributed by atoms with van der Waals surface area (Å²) in [5.41, 5.74) is 0.0547. The summed E-state index contributed by atoms with van der Waals surface area (Å²) in [4.78, 5) is 14.4. The maximum absolute atomic E-state index is 15.3. The summed E-state index contributed by atoms with van der Waals surface area (Å²) in [6.07, 6.45) is 2.99. The van der Waals surface area contributed by atoms with Gasteiger partial charge in [0.05, 0.1) is 29.6 Å². The monoisotopic (exact) mass is 530 g/mol. The molecule has 8 nitrogen and oxygen atoms in total. The molecule has 2 aromatic carbocycles. The Morgan fingerprint density at radius 1 is 1.08 bits per heavy atom. The van der Waals surface area contributed by atoms with Crippen LogP contribution in [0.3, 0.4) is 0 Å². The standard InChI is InChI=1S/C25H23F3N3O5Si/c1-34-21-6-4-5-16(23(21)28)17-13-30(14-35-9-10-37(2)3)25-22(17)20(7-8-29-25)36-24-18(26)11-15(31(32)33)12-19(24)27/h4-8,11-13H,9-10,14H2,1-3H3. The number of hydrogen-bond acceptors (Lipinski definition) is 6. The fourth-order valence-corrected chi connectivity index (χ4v) is 4.30. The third-order valence-corrected chi connectivity index (χ3v) is 6.78. The van der Waals surface area contributed by atoms with E-state index in [4.69, 9.17) is 14.2 Å². The zero-order chi connectivity index (χ0) is 26.7. The number of nitro benzene ring substituents is 1. The lowest BCUT2D eigenvalue weighted by molar-refractivity contribution is -0.385. The molecule has 0 fully saturated rings. The molecule has 193 valence electrons. The summed E-state index contributed by atoms with van der Waals surface area (Å²) in [5.74, 6) is -4.01. The van der Waals surface area contributed by atoms with Gasteiger partial charge in [-0.25, -0.2) is 18.2 Å². The van der Waals surface area contributed by atoms with Gasteiger partial charge in [0.2, 0.25) is 0 Å². The molecule has 0 aliphatic carbocycles. The molecule has 0 unspecified atom stereocenters. The zero-order valence-electron chi connectivity index (χ0n) is 20.3. The summed E-state index contributed by atoms with van der Waals surface area (Å²) in [5, 5.41) is 11.2. The summed E-state index contributed by atoms with van der Waals surface area (Å²) >= 11 is 0. The fraction of sp³-hybridized carbons (Fsp3) is 0.240. The molecule has 4 rings (SSSR count). The Labute approximate surface area is 212 Å². The Morgan fingerprint density at radius 2 is 1.81 bits per heavy atom. The smallest absolute Gasteiger partial charge is 0.275 e. The molecular formula is C25H23F3N3O5Si. The summed E-state index contributed by atoms with van der Waals surface area (Å²) < 4.78 is 62.7. The van der Waals surface area contributed by atoms with Gasteiger partial charge in [0, 0.05) is 38.9 Å². The van der Waals surface area contributed by atoms with Gasteiger partial charge in [-0.2, -0.15) is 0 Å². The van der Waals surface area contributed by atoms with E-state index in [1.807, 2.05) is 0 Å². The predicted molar refractivity (Wildman–Crippen MR) is 133 cm³/mol. The highest BCUT2D eigenvalue weighted by atomic mass is 28.3. The third-order valence-electron chi connectivity index (χ3n) is 5.58. The number of nitro groups is 1. The average molecular weight is 531 g/mol. The number of benzene rings is 2. The normalized spacial score (nSPS) is 11.3. The van der Waals surface area contributed by atoms with Crippen LogP contribution in [0.2, 0.25) is 19.1 Å². The van der Waals surface area contributed by atoms with Crippen molar-refractivity contribution < 1.29 is 32.3 Å². The number of aromatic nitrogens is 2. The van der Waals surface area contributed by atoms with Crippen LogP contribution in [-0.4, -0.2) is 37.0 Å². The Hall–Kier alpha value is -3.90. The second-order valence-corrected chi connectivity index (χ2v) is 11.3. The highest BCUT2D eigenvalue weighted by molar-refractivity contribution is 6.55. The first-order chi connectivity index (χ1) is 17.7. The van der Waals surface area contributed by atoms with Crippen LogP contribution >= 0.6 is 0 Å². The summed E-state index contributed by atoms with van der Waals surface area (Å²) in [7, 11) is 0.855. The first kappa shape index (κ1) is 26.2. The molecule has 1 radical (unpaired) electrons. The number of ether oxygens (including phenoxy) is 3. The number of methoxy groups -OCH3 is 1. The van der Waals surface area contributed by atoms with Crippen molar-refractivity contribution in [3.8, 4) is 28.4 Å². The molecule has 0 aliphatic rings. The van der Waals surface area contributed by atoms with Gasteiger partial charge in [0.25, 0.3) is 5.69 Å². The summed E-state index contributed by atoms with van der Waals surface area (Å²) in [6, 6.07) is 8.04. The molecule has 4 aromatic rings. The molecule has 0 bridgehead atoms. The summed E-state index contributed by atoms with van der Waals surface area (Å²) in [6.45, 7) is 4.97. The molecule has 37 heavy (non-hydrogen) atoms. The quantitative estimate of drug-likeness (QED) is 0.0999. The minimum Gasteiger partial charge on any atom is -0.494 e. The maximum atomic E-state index is 15.3. The minimum atomic E-state index is -1.26. The van der Waals surface area contributed by atoms with E-state index in [2.05, 4.69) is 18.1 Å². The van der Waals surface area contributed by atoms with Crippen LogP contribution in [-0.2, 0) is 11.5 Å². The van der Waals surface area contributed by atoms with Gasteiger partial charge in [0.15, 0.2) is 29.0 Å². The fourth-order valence-electron chi connectivity index (χ4n) is 3.75. The van der Waals surface area contributed by atoms with E-state index in [1.54, 1.807) is 16.8 Å². The van der Waals surface area contributed by atoms with Crippen LogP contribution in [0.4, 0.5) is 18.9 Å². The molecule has 2 aromatic heterocycles. The first-order valence-corrected chi connectivity index (χ1v) is 13.9. The van der Waals surface area contributed by atoms with Gasteiger partial charge < -0.3 is 18.8 Å². The number of non-ortho nitro benzene ring substituents is 1. The Morgan fingerprint density at radius 3 is 2.46 bits per heavy atom. The van der Waals surface area contributed by atoms with E-state index in [1.165, 1.54) is 31.5 Å². The Kier molecular flexibility index (Phi) is 7.79. The first-order valence-electron chi connectivity index (χ1n) is 11.2. The molecule has 0 saturated carbocycles. The lowest BCUT2D eigenvalue weighted by atomic mass is 10.0. The van der Waals surface area contributed by atoms with Crippen molar-refractivity contribution in [3.05, 3.63) is 76.4 Å². The van der Waals surface area contributed by atoms with Gasteiger partial charge in [-0.3, -0.25) is 10.1 Å². The molecule has 0 spiro atoms. The third kappa shape index (κ3) is 5.44. The van der Waals surface area contributed by atoms with E-state index in [0.29, 0.717) is 30.0 Å². The number of hydrogen-bond donors (Lipinski definition) is 0. The molecule has 0 aliphatic heterocycles. The lowest BCUT2D eigenvalue weighted by Gasteiger charge is -2.11. The second-order valence-electron chi connectivity index (χ2n) is 8.43. The van der Waals surface area contributed by atoms with Crippen molar-refractivity contribution in [1.29, 1.82) is 0 Å². The number of pyridine rings is 1. The van der Waals surface area contributed by atoms with E-state index in [0.717, 1.165) is 6.04 Å². The van der Waals surface area contributed by atoms with Crippen LogP contribution < -0.4 is 9.47 Å². The molecule has 2 heterocycles. The van der Waals surface area contributed by atoms with E-state index in [-0.39, 0.29) is 29.2 Å². The van der Waals surface area contributed by atoms with Crippen LogP contribution in [0, 0.1) is 27.6 Å². The van der Waals surface area contributed by atoms with Crippen LogP contribution in [0.15, 0.2) is 48.8 Å². The molecule has 0 N–H and O–H groups in total. The lowest BCUT2D eigenvalue weighted by Crippen LogP contribution is -2.08. The van der Waals surface area contributed by atoms with Crippen molar-refractivity contribution in [2.45, 2.75) is 25.9 Å². The topological polar surface area (TPSA) is 88.7 Å². The van der Waals surface area contributed by atoms with Gasteiger partial charge in [0.1, 0.15) is 18.1 Å². The number of halogens is 3. The average Bonchev–Trinajstić information content (AvgIpc) is 3.23. The van der Waals surface area contributed by atoms with Crippen LogP contribution in [0.1, 0.15) is 0 Å². The van der Waals surface area contributed by atoms with Gasteiger partial charge in [-0.05, 0) is 18.2 Å². The predicted octanol–water partition coefficient (Wildman–Crippen LogP) is 6.56. The second kappa shape index (κ2) is 11.0. The number of fused-ring (bicyclic) bond motifs is 1. The van der Waals surface area contributed by atoms with Gasteiger partial charge >= 0.3 is 0 Å². The highest BCUT2D eigenvalue weighted by Crippen LogP contribution is 2.41. The molecule has 12 heteroatoms. The maximum Gasteiger partial charge on any atom is 0.275 e. The number of nitrogens with zero attached hydrogens (tertiary/aromatic N) is 3. The van der Waals surface area contributed by atoms with Crippen molar-refractivity contribution in [2.75, 3.05) is 13.7 Å². The van der Waals surface area contributed by atoms with Crippen molar-refractivity contribution >= 4 is 25.5 Å². The largest absolute Gasteiger partial charge is 0.494 e. The molecular weight excluding hydrogens is 507 g/mol.